The summed E-state index contributed by atoms with van der Waals surface area (Å²) in [6, 6.07) is 5.14. The second-order valence-corrected chi connectivity index (χ2v) is 4.56. The van der Waals surface area contributed by atoms with Crippen LogP contribution in [0.15, 0.2) is 18.2 Å². The van der Waals surface area contributed by atoms with Gasteiger partial charge in [-0.3, -0.25) is 4.90 Å². The molecule has 2 N–H and O–H groups in total. The zero-order valence-electron chi connectivity index (χ0n) is 10.2. The molecule has 1 fully saturated rings. The maximum Gasteiger partial charge on any atom is 0.131 e. The topological polar surface area (TPSA) is 38.5 Å². The Hall–Kier alpha value is -1.13. The van der Waals surface area contributed by atoms with Crippen molar-refractivity contribution >= 4 is 0 Å². The molecule has 94 valence electrons. The number of hydrogen-bond acceptors (Lipinski definition) is 3. The number of ether oxygens (including phenoxy) is 1. The summed E-state index contributed by atoms with van der Waals surface area (Å²) in [6.45, 7) is 2.38. The summed E-state index contributed by atoms with van der Waals surface area (Å²) < 4.78 is 18.9. The molecular weight excluding hydrogens is 219 g/mol. The SMILES string of the molecule is COc1cccc(F)c1CN1CCC[C@@H](N)C1. The predicted octanol–water partition coefficient (Wildman–Crippen LogP) is 1.76. The minimum absolute atomic E-state index is 0.205. The first kappa shape index (κ1) is 12.3. The Morgan fingerprint density at radius 1 is 1.53 bits per heavy atom. The lowest BCUT2D eigenvalue weighted by atomic mass is 10.1. The zero-order valence-corrected chi connectivity index (χ0v) is 10.2. The van der Waals surface area contributed by atoms with Gasteiger partial charge in [-0.25, -0.2) is 4.39 Å². The predicted molar refractivity (Wildman–Crippen MR) is 65.4 cm³/mol. The summed E-state index contributed by atoms with van der Waals surface area (Å²) in [4.78, 5) is 2.19. The molecule has 0 aliphatic carbocycles. The number of piperidine rings is 1. The van der Waals surface area contributed by atoms with Crippen LogP contribution in [0.4, 0.5) is 4.39 Å². The van der Waals surface area contributed by atoms with Gasteiger partial charge in [0.15, 0.2) is 0 Å². The van der Waals surface area contributed by atoms with Crippen LogP contribution in [-0.4, -0.2) is 31.1 Å². The molecule has 0 bridgehead atoms. The van der Waals surface area contributed by atoms with Crippen LogP contribution in [0.25, 0.3) is 0 Å². The highest BCUT2D eigenvalue weighted by Gasteiger charge is 2.19. The smallest absolute Gasteiger partial charge is 0.131 e. The maximum absolute atomic E-state index is 13.8. The molecule has 0 aromatic heterocycles. The molecule has 1 aromatic rings. The molecule has 2 rings (SSSR count). The molecule has 0 spiro atoms. The third kappa shape index (κ3) is 2.96. The van der Waals surface area contributed by atoms with Crippen molar-refractivity contribution in [1.29, 1.82) is 0 Å². The van der Waals surface area contributed by atoms with Crippen LogP contribution in [0.1, 0.15) is 18.4 Å². The Kier molecular flexibility index (Phi) is 3.97. The van der Waals surface area contributed by atoms with Crippen molar-refractivity contribution in [3.63, 3.8) is 0 Å². The van der Waals surface area contributed by atoms with Crippen molar-refractivity contribution in [3.05, 3.63) is 29.6 Å². The molecule has 4 heteroatoms. The van der Waals surface area contributed by atoms with Crippen LogP contribution in [0.5, 0.6) is 5.75 Å². The van der Waals surface area contributed by atoms with Crippen molar-refractivity contribution in [1.82, 2.24) is 4.90 Å². The van der Waals surface area contributed by atoms with Gasteiger partial charge < -0.3 is 10.5 Å². The lowest BCUT2D eigenvalue weighted by Crippen LogP contribution is -2.42. The van der Waals surface area contributed by atoms with E-state index in [4.69, 9.17) is 10.5 Å². The van der Waals surface area contributed by atoms with E-state index in [1.165, 1.54) is 6.07 Å². The number of benzene rings is 1. The average Bonchev–Trinajstić information content (AvgIpc) is 2.32. The van der Waals surface area contributed by atoms with Crippen molar-refractivity contribution in [2.45, 2.75) is 25.4 Å². The lowest BCUT2D eigenvalue weighted by Gasteiger charge is -2.31. The number of halogens is 1. The van der Waals surface area contributed by atoms with Gasteiger partial charge in [0.05, 0.1) is 7.11 Å². The summed E-state index contributed by atoms with van der Waals surface area (Å²) in [6.07, 6.45) is 2.14. The summed E-state index contributed by atoms with van der Waals surface area (Å²) in [5.41, 5.74) is 6.55. The molecular formula is C13H19FN2O. The Morgan fingerprint density at radius 2 is 2.35 bits per heavy atom. The minimum atomic E-state index is -0.205. The summed E-state index contributed by atoms with van der Waals surface area (Å²) in [5.74, 6) is 0.410. The van der Waals surface area contributed by atoms with Gasteiger partial charge in [0, 0.05) is 24.7 Å². The summed E-state index contributed by atoms with van der Waals surface area (Å²) >= 11 is 0. The number of nitrogens with zero attached hydrogens (tertiary/aromatic N) is 1. The Morgan fingerprint density at radius 3 is 3.06 bits per heavy atom. The van der Waals surface area contributed by atoms with Crippen LogP contribution < -0.4 is 10.5 Å². The van der Waals surface area contributed by atoms with Crippen LogP contribution >= 0.6 is 0 Å². The second-order valence-electron chi connectivity index (χ2n) is 4.56. The number of rotatable bonds is 3. The Labute approximate surface area is 101 Å². The minimum Gasteiger partial charge on any atom is -0.496 e. The van der Waals surface area contributed by atoms with Gasteiger partial charge in [0.1, 0.15) is 11.6 Å². The molecule has 0 amide bonds. The fourth-order valence-corrected chi connectivity index (χ4v) is 2.34. The van der Waals surface area contributed by atoms with E-state index >= 15 is 0 Å². The fourth-order valence-electron chi connectivity index (χ4n) is 2.34. The largest absolute Gasteiger partial charge is 0.496 e. The van der Waals surface area contributed by atoms with Crippen molar-refractivity contribution in [2.24, 2.45) is 5.73 Å². The molecule has 3 nitrogen and oxygen atoms in total. The fraction of sp³-hybridized carbons (Fsp3) is 0.538. The normalized spacial score (nSPS) is 21.5. The molecule has 1 aromatic carbocycles. The molecule has 17 heavy (non-hydrogen) atoms. The Bertz CT molecular complexity index is 384. The van der Waals surface area contributed by atoms with Crippen LogP contribution in [0.2, 0.25) is 0 Å². The Balaban J connectivity index is 2.12. The quantitative estimate of drug-likeness (QED) is 0.872. The standard InChI is InChI=1S/C13H19FN2O/c1-17-13-6-2-5-12(14)11(13)9-16-7-3-4-10(15)8-16/h2,5-6,10H,3-4,7-9,15H2,1H3/t10-/m1/s1. The highest BCUT2D eigenvalue weighted by molar-refractivity contribution is 5.34. The highest BCUT2D eigenvalue weighted by atomic mass is 19.1. The monoisotopic (exact) mass is 238 g/mol. The zero-order chi connectivity index (χ0) is 12.3. The molecule has 0 unspecified atom stereocenters. The molecule has 1 aliphatic rings. The van der Waals surface area contributed by atoms with Crippen LogP contribution in [0, 0.1) is 5.82 Å². The van der Waals surface area contributed by atoms with Crippen LogP contribution in [-0.2, 0) is 6.54 Å². The van der Waals surface area contributed by atoms with Gasteiger partial charge in [-0.15, -0.1) is 0 Å². The molecule has 1 saturated heterocycles. The highest BCUT2D eigenvalue weighted by Crippen LogP contribution is 2.24. The van der Waals surface area contributed by atoms with Crippen LogP contribution in [0.3, 0.4) is 0 Å². The van der Waals surface area contributed by atoms with E-state index in [-0.39, 0.29) is 11.9 Å². The van der Waals surface area contributed by atoms with E-state index < -0.39 is 0 Å². The summed E-state index contributed by atoms with van der Waals surface area (Å²) in [5, 5.41) is 0. The van der Waals surface area contributed by atoms with Crippen molar-refractivity contribution in [2.75, 3.05) is 20.2 Å². The molecule has 1 heterocycles. The first-order valence-corrected chi connectivity index (χ1v) is 6.00. The number of methoxy groups -OCH3 is 1. The maximum atomic E-state index is 13.8. The number of hydrogen-bond donors (Lipinski definition) is 1. The van der Waals surface area contributed by atoms with E-state index in [9.17, 15) is 4.39 Å². The molecule has 0 saturated carbocycles. The lowest BCUT2D eigenvalue weighted by molar-refractivity contribution is 0.197. The van der Waals surface area contributed by atoms with E-state index in [2.05, 4.69) is 4.90 Å². The van der Waals surface area contributed by atoms with Crippen molar-refractivity contribution in [3.8, 4) is 5.75 Å². The third-order valence-corrected chi connectivity index (χ3v) is 3.22. The van der Waals surface area contributed by atoms with Gasteiger partial charge in [-0.05, 0) is 31.5 Å². The summed E-state index contributed by atoms with van der Waals surface area (Å²) in [7, 11) is 1.57. The van der Waals surface area contributed by atoms with Gasteiger partial charge in [-0.1, -0.05) is 6.07 Å². The third-order valence-electron chi connectivity index (χ3n) is 3.22. The second kappa shape index (κ2) is 5.47. The van der Waals surface area contributed by atoms with E-state index in [1.54, 1.807) is 19.2 Å². The number of nitrogens with two attached hydrogens (primary N) is 1. The van der Waals surface area contributed by atoms with Gasteiger partial charge in [0.2, 0.25) is 0 Å². The average molecular weight is 238 g/mol. The first-order chi connectivity index (χ1) is 8.20. The first-order valence-electron chi connectivity index (χ1n) is 6.00. The van der Waals surface area contributed by atoms with E-state index in [0.717, 1.165) is 25.9 Å². The molecule has 0 radical (unpaired) electrons. The van der Waals surface area contributed by atoms with E-state index in [1.807, 2.05) is 0 Å². The molecule has 1 aliphatic heterocycles. The number of likely N-dealkylation sites (tertiary alicyclic amines) is 1. The van der Waals surface area contributed by atoms with Crippen molar-refractivity contribution < 1.29 is 9.13 Å². The van der Waals surface area contributed by atoms with Gasteiger partial charge >= 0.3 is 0 Å². The molecule has 1 atom stereocenters. The van der Waals surface area contributed by atoms with E-state index in [0.29, 0.717) is 17.9 Å². The van der Waals surface area contributed by atoms with Gasteiger partial charge in [-0.2, -0.15) is 0 Å². The van der Waals surface area contributed by atoms with Gasteiger partial charge in [0.25, 0.3) is 0 Å².